The summed E-state index contributed by atoms with van der Waals surface area (Å²) in [5.74, 6) is 0. The normalized spacial score (nSPS) is 15.6. The van der Waals surface area contributed by atoms with Gasteiger partial charge in [-0.1, -0.05) is 105 Å². The van der Waals surface area contributed by atoms with Crippen molar-refractivity contribution in [2.24, 2.45) is 0 Å². The van der Waals surface area contributed by atoms with E-state index in [1.165, 1.54) is 123 Å². The van der Waals surface area contributed by atoms with Crippen molar-refractivity contribution >= 4 is 17.1 Å². The second-order valence-corrected chi connectivity index (χ2v) is 14.6. The summed E-state index contributed by atoms with van der Waals surface area (Å²) in [5, 5.41) is 0. The van der Waals surface area contributed by atoms with Crippen LogP contribution >= 0.6 is 0 Å². The molecule has 0 radical (unpaired) electrons. The molecule has 236 valence electrons. The summed E-state index contributed by atoms with van der Waals surface area (Å²) < 4.78 is 0. The van der Waals surface area contributed by atoms with Crippen LogP contribution in [0.15, 0.2) is 127 Å². The fourth-order valence-corrected chi connectivity index (χ4v) is 8.90. The van der Waals surface area contributed by atoms with Crippen molar-refractivity contribution in [1.82, 2.24) is 0 Å². The second-order valence-electron chi connectivity index (χ2n) is 14.6. The lowest BCUT2D eigenvalue weighted by molar-refractivity contribution is 0.660. The van der Waals surface area contributed by atoms with Crippen LogP contribution in [0.4, 0.5) is 17.1 Å². The van der Waals surface area contributed by atoms with Gasteiger partial charge in [-0.15, -0.1) is 0 Å². The Morgan fingerprint density at radius 1 is 0.438 bits per heavy atom. The highest BCUT2D eigenvalue weighted by atomic mass is 15.1. The molecule has 1 nitrogen and oxygen atoms in total. The molecule has 0 saturated heterocycles. The molecule has 0 heterocycles. The van der Waals surface area contributed by atoms with E-state index in [0.29, 0.717) is 0 Å². The van der Waals surface area contributed by atoms with E-state index in [-0.39, 0.29) is 5.41 Å². The van der Waals surface area contributed by atoms with Crippen molar-refractivity contribution in [3.05, 3.63) is 161 Å². The Morgan fingerprint density at radius 3 is 1.92 bits per heavy atom. The molecule has 3 aliphatic rings. The minimum atomic E-state index is -0.0896. The number of aryl methyl sites for hydroxylation is 3. The van der Waals surface area contributed by atoms with Gasteiger partial charge in [0.1, 0.15) is 0 Å². The average Bonchev–Trinajstić information content (AvgIpc) is 3.37. The van der Waals surface area contributed by atoms with Crippen LogP contribution in [-0.2, 0) is 31.1 Å². The number of benzene rings is 6. The van der Waals surface area contributed by atoms with Crippen LogP contribution in [0, 0.1) is 0 Å². The molecule has 9 rings (SSSR count). The predicted molar refractivity (Wildman–Crippen MR) is 203 cm³/mol. The Kier molecular flexibility index (Phi) is 7.12. The molecule has 1 heteroatoms. The quantitative estimate of drug-likeness (QED) is 0.185. The summed E-state index contributed by atoms with van der Waals surface area (Å²) in [6, 6.07) is 48.6. The first-order valence-electron chi connectivity index (χ1n) is 18.0. The number of anilines is 3. The summed E-state index contributed by atoms with van der Waals surface area (Å²) in [6.45, 7) is 4.78. The maximum atomic E-state index is 2.52. The monoisotopic (exact) mass is 621 g/mol. The smallest absolute Gasteiger partial charge is 0.0543 e. The number of hydrogen-bond donors (Lipinski definition) is 0. The fraction of sp³-hybridized carbons (Fsp3) is 0.234. The molecule has 6 aromatic rings. The maximum Gasteiger partial charge on any atom is 0.0543 e. The van der Waals surface area contributed by atoms with Crippen LogP contribution in [0.5, 0.6) is 0 Å². The summed E-state index contributed by atoms with van der Waals surface area (Å²) in [7, 11) is 0. The van der Waals surface area contributed by atoms with E-state index in [9.17, 15) is 0 Å². The van der Waals surface area contributed by atoms with Crippen LogP contribution in [0.1, 0.15) is 72.9 Å². The van der Waals surface area contributed by atoms with Gasteiger partial charge in [0.2, 0.25) is 0 Å². The molecule has 0 N–H and O–H groups in total. The van der Waals surface area contributed by atoms with Crippen LogP contribution in [0.3, 0.4) is 0 Å². The molecular formula is C47H43N. The molecule has 0 bridgehead atoms. The van der Waals surface area contributed by atoms with Gasteiger partial charge in [-0.3, -0.25) is 0 Å². The highest BCUT2D eigenvalue weighted by molar-refractivity contribution is 5.95. The molecule has 0 aromatic heterocycles. The highest BCUT2D eigenvalue weighted by Gasteiger charge is 2.37. The van der Waals surface area contributed by atoms with E-state index in [2.05, 4.69) is 146 Å². The third-order valence-corrected chi connectivity index (χ3v) is 11.4. The molecule has 0 unspecified atom stereocenters. The van der Waals surface area contributed by atoms with Crippen LogP contribution < -0.4 is 4.90 Å². The highest BCUT2D eigenvalue weighted by Crippen LogP contribution is 2.53. The van der Waals surface area contributed by atoms with Gasteiger partial charge >= 0.3 is 0 Å². The van der Waals surface area contributed by atoms with Crippen molar-refractivity contribution in [2.75, 3.05) is 4.90 Å². The lowest BCUT2D eigenvalue weighted by atomic mass is 9.81. The summed E-state index contributed by atoms with van der Waals surface area (Å²) in [4.78, 5) is 2.52. The molecular weight excluding hydrogens is 579 g/mol. The number of fused-ring (bicyclic) bond motifs is 5. The van der Waals surface area contributed by atoms with Crippen molar-refractivity contribution in [1.29, 1.82) is 0 Å². The topological polar surface area (TPSA) is 3.24 Å². The Labute approximate surface area is 285 Å². The van der Waals surface area contributed by atoms with Crippen molar-refractivity contribution < 1.29 is 0 Å². The Morgan fingerprint density at radius 2 is 1.10 bits per heavy atom. The van der Waals surface area contributed by atoms with Gasteiger partial charge in [0.25, 0.3) is 0 Å². The van der Waals surface area contributed by atoms with E-state index in [0.717, 1.165) is 6.42 Å². The first kappa shape index (κ1) is 29.3. The molecule has 0 saturated carbocycles. The van der Waals surface area contributed by atoms with Crippen LogP contribution in [0.25, 0.3) is 33.4 Å². The predicted octanol–water partition coefficient (Wildman–Crippen LogP) is 12.6. The zero-order chi connectivity index (χ0) is 32.2. The fourth-order valence-electron chi connectivity index (χ4n) is 8.90. The lowest BCUT2D eigenvalue weighted by Crippen LogP contribution is -2.17. The van der Waals surface area contributed by atoms with Gasteiger partial charge in [0.15, 0.2) is 0 Å². The van der Waals surface area contributed by atoms with E-state index in [1.54, 1.807) is 5.56 Å². The Hall–Kier alpha value is -4.88. The van der Waals surface area contributed by atoms with Gasteiger partial charge in [0.05, 0.1) is 5.69 Å². The maximum absolute atomic E-state index is 2.52. The summed E-state index contributed by atoms with van der Waals surface area (Å²) in [6.07, 6.45) is 9.90. The van der Waals surface area contributed by atoms with Gasteiger partial charge < -0.3 is 4.90 Å². The molecule has 0 amide bonds. The number of para-hydroxylation sites is 1. The zero-order valence-electron chi connectivity index (χ0n) is 28.2. The molecule has 0 spiro atoms. The number of hydrogen-bond acceptors (Lipinski definition) is 1. The third kappa shape index (κ3) is 4.83. The van der Waals surface area contributed by atoms with Gasteiger partial charge in [-0.25, -0.2) is 0 Å². The second kappa shape index (κ2) is 11.7. The van der Waals surface area contributed by atoms with E-state index in [4.69, 9.17) is 0 Å². The molecule has 3 aliphatic carbocycles. The van der Waals surface area contributed by atoms with Gasteiger partial charge in [0, 0.05) is 22.4 Å². The number of nitrogens with zero attached hydrogens (tertiary/aromatic N) is 1. The third-order valence-electron chi connectivity index (χ3n) is 11.4. The summed E-state index contributed by atoms with van der Waals surface area (Å²) >= 11 is 0. The zero-order valence-corrected chi connectivity index (χ0v) is 28.2. The standard InChI is InChI=1S/C47H43N/c1-47(2)44-22-11-10-20-41(44)43-30-42(35-25-23-34(24-26-35)40-21-12-16-33-14-8-9-19-39(33)40)46(31-45(43)47)48(37-17-4-3-5-18-37)38-28-27-32-13-6-7-15-36(32)29-38/h3-5,10-12,16-18,20-31H,6-9,13-15,19H2,1-2H3. The molecule has 48 heavy (non-hydrogen) atoms. The first-order chi connectivity index (χ1) is 23.6. The largest absolute Gasteiger partial charge is 0.310 e. The Balaban J connectivity index is 1.26. The minimum absolute atomic E-state index is 0.0896. The van der Waals surface area contributed by atoms with Crippen LogP contribution in [0.2, 0.25) is 0 Å². The van der Waals surface area contributed by atoms with Crippen molar-refractivity contribution in [3.8, 4) is 33.4 Å². The van der Waals surface area contributed by atoms with Crippen LogP contribution in [-0.4, -0.2) is 0 Å². The molecule has 0 aliphatic heterocycles. The first-order valence-corrected chi connectivity index (χ1v) is 18.0. The Bertz CT molecular complexity index is 2150. The molecule has 6 aromatic carbocycles. The van der Waals surface area contributed by atoms with E-state index >= 15 is 0 Å². The average molecular weight is 622 g/mol. The lowest BCUT2D eigenvalue weighted by Gasteiger charge is -2.31. The van der Waals surface area contributed by atoms with Gasteiger partial charge in [-0.2, -0.15) is 0 Å². The molecule has 0 atom stereocenters. The van der Waals surface area contributed by atoms with Gasteiger partial charge in [-0.05, 0) is 149 Å². The van der Waals surface area contributed by atoms with E-state index in [1.807, 2.05) is 0 Å². The number of rotatable bonds is 5. The van der Waals surface area contributed by atoms with Crippen molar-refractivity contribution in [3.63, 3.8) is 0 Å². The molecule has 0 fully saturated rings. The summed E-state index contributed by atoms with van der Waals surface area (Å²) in [5.41, 5.74) is 20.5. The minimum Gasteiger partial charge on any atom is -0.310 e. The van der Waals surface area contributed by atoms with Crippen molar-refractivity contribution in [2.45, 2.75) is 70.6 Å². The van der Waals surface area contributed by atoms with E-state index < -0.39 is 0 Å². The SMILES string of the molecule is CC1(C)c2ccccc2-c2cc(-c3ccc(-c4cccc5c4CCCC5)cc3)c(N(c3ccccc3)c3ccc4c(c3)CCCC4)cc21.